The standard InChI is InChI=1S/C27H24N2O5/c1-14-6-9-22(28-13-14)29-24(17-7-8-19(32-4)21(12-17)33-5)23-25(30)18-10-15(2)16(3)11-20(18)34-26(23)27(29)31/h6-13,24H,1-5H3/t24-/m0/s1. The quantitative estimate of drug-likeness (QED) is 0.435. The van der Waals surface area contributed by atoms with Crippen LogP contribution in [0.3, 0.4) is 0 Å². The summed E-state index contributed by atoms with van der Waals surface area (Å²) < 4.78 is 17.0. The van der Waals surface area contributed by atoms with Gasteiger partial charge in [0.25, 0.3) is 5.91 Å². The number of aryl methyl sites for hydroxylation is 3. The van der Waals surface area contributed by atoms with E-state index in [1.54, 1.807) is 44.7 Å². The number of amides is 1. The van der Waals surface area contributed by atoms with Gasteiger partial charge in [-0.05, 0) is 73.4 Å². The van der Waals surface area contributed by atoms with Gasteiger partial charge in [0.1, 0.15) is 11.4 Å². The van der Waals surface area contributed by atoms with E-state index in [1.165, 1.54) is 4.90 Å². The normalized spacial score (nSPS) is 15.0. The molecule has 0 saturated carbocycles. The summed E-state index contributed by atoms with van der Waals surface area (Å²) in [6.45, 7) is 5.81. The van der Waals surface area contributed by atoms with Crippen LogP contribution >= 0.6 is 0 Å². The molecular weight excluding hydrogens is 432 g/mol. The zero-order chi connectivity index (χ0) is 24.1. The predicted molar refractivity (Wildman–Crippen MR) is 129 cm³/mol. The van der Waals surface area contributed by atoms with E-state index in [0.29, 0.717) is 33.8 Å². The Bertz CT molecular complexity index is 1500. The monoisotopic (exact) mass is 456 g/mol. The molecule has 0 aliphatic carbocycles. The average molecular weight is 456 g/mol. The Morgan fingerprint density at radius 1 is 0.912 bits per heavy atom. The fourth-order valence-electron chi connectivity index (χ4n) is 4.41. The predicted octanol–water partition coefficient (Wildman–Crippen LogP) is 4.88. The summed E-state index contributed by atoms with van der Waals surface area (Å²) in [7, 11) is 3.10. The van der Waals surface area contributed by atoms with Crippen molar-refractivity contribution in [2.24, 2.45) is 0 Å². The number of anilines is 1. The lowest BCUT2D eigenvalue weighted by Crippen LogP contribution is -2.30. The number of pyridine rings is 1. The first-order chi connectivity index (χ1) is 16.3. The number of fused-ring (bicyclic) bond motifs is 2. The van der Waals surface area contributed by atoms with Gasteiger partial charge in [0.05, 0.1) is 31.2 Å². The first kappa shape index (κ1) is 21.7. The molecule has 172 valence electrons. The minimum atomic E-state index is -0.736. The van der Waals surface area contributed by atoms with Gasteiger partial charge in [-0.1, -0.05) is 12.1 Å². The summed E-state index contributed by atoms with van der Waals surface area (Å²) in [5, 5.41) is 0.443. The van der Waals surface area contributed by atoms with Gasteiger partial charge in [-0.25, -0.2) is 4.98 Å². The lowest BCUT2D eigenvalue weighted by atomic mass is 9.97. The lowest BCUT2D eigenvalue weighted by Gasteiger charge is -2.25. The van der Waals surface area contributed by atoms with Crippen LogP contribution in [0.1, 0.15) is 44.4 Å². The maximum atomic E-state index is 13.8. The van der Waals surface area contributed by atoms with Crippen LogP contribution in [0.25, 0.3) is 11.0 Å². The molecule has 7 heteroatoms. The molecule has 4 aromatic rings. The van der Waals surface area contributed by atoms with E-state index in [9.17, 15) is 9.59 Å². The number of hydrogen-bond acceptors (Lipinski definition) is 6. The van der Waals surface area contributed by atoms with Gasteiger partial charge in [-0.15, -0.1) is 0 Å². The molecule has 0 unspecified atom stereocenters. The number of rotatable bonds is 4. The Morgan fingerprint density at radius 3 is 2.32 bits per heavy atom. The first-order valence-corrected chi connectivity index (χ1v) is 10.9. The Morgan fingerprint density at radius 2 is 1.65 bits per heavy atom. The molecule has 3 heterocycles. The molecule has 1 aliphatic heterocycles. The number of carbonyl (C=O) groups excluding carboxylic acids is 1. The van der Waals surface area contributed by atoms with E-state index in [1.807, 2.05) is 39.0 Å². The third-order valence-corrected chi connectivity index (χ3v) is 6.35. The third-order valence-electron chi connectivity index (χ3n) is 6.35. The fraction of sp³-hybridized carbons (Fsp3) is 0.222. The van der Waals surface area contributed by atoms with E-state index >= 15 is 0 Å². The molecule has 0 N–H and O–H groups in total. The second kappa shape index (κ2) is 8.02. The highest BCUT2D eigenvalue weighted by Gasteiger charge is 2.44. The van der Waals surface area contributed by atoms with Gasteiger partial charge in [0, 0.05) is 6.20 Å². The fourth-order valence-corrected chi connectivity index (χ4v) is 4.41. The molecule has 0 radical (unpaired) electrons. The molecule has 1 amide bonds. The number of methoxy groups -OCH3 is 2. The van der Waals surface area contributed by atoms with Crippen LogP contribution in [0.15, 0.2) is 57.9 Å². The summed E-state index contributed by atoms with van der Waals surface area (Å²) in [4.78, 5) is 33.5. The average Bonchev–Trinajstić information content (AvgIpc) is 3.13. The second-order valence-electron chi connectivity index (χ2n) is 8.49. The lowest BCUT2D eigenvalue weighted by molar-refractivity contribution is 0.0970. The molecule has 0 fully saturated rings. The summed E-state index contributed by atoms with van der Waals surface area (Å²) in [5.41, 5.74) is 4.05. The number of ether oxygens (including phenoxy) is 2. The summed E-state index contributed by atoms with van der Waals surface area (Å²) in [6.07, 6.45) is 1.69. The van der Waals surface area contributed by atoms with Crippen LogP contribution in [-0.4, -0.2) is 25.1 Å². The molecule has 0 saturated heterocycles. The minimum Gasteiger partial charge on any atom is -0.493 e. The largest absolute Gasteiger partial charge is 0.493 e. The van der Waals surface area contributed by atoms with Crippen molar-refractivity contribution in [1.29, 1.82) is 0 Å². The maximum absolute atomic E-state index is 13.8. The molecule has 0 bridgehead atoms. The van der Waals surface area contributed by atoms with Gasteiger partial charge < -0.3 is 13.9 Å². The highest BCUT2D eigenvalue weighted by atomic mass is 16.5. The van der Waals surface area contributed by atoms with Crippen molar-refractivity contribution in [3.8, 4) is 11.5 Å². The molecule has 1 atom stereocenters. The number of carbonyl (C=O) groups is 1. The maximum Gasteiger partial charge on any atom is 0.296 e. The van der Waals surface area contributed by atoms with E-state index in [2.05, 4.69) is 4.98 Å². The summed E-state index contributed by atoms with van der Waals surface area (Å²) in [5.74, 6) is 1.09. The molecule has 0 spiro atoms. The van der Waals surface area contributed by atoms with Crippen LogP contribution in [0.5, 0.6) is 11.5 Å². The highest BCUT2D eigenvalue weighted by molar-refractivity contribution is 6.10. The molecule has 7 nitrogen and oxygen atoms in total. The van der Waals surface area contributed by atoms with Gasteiger partial charge in [-0.3, -0.25) is 14.5 Å². The Hall–Kier alpha value is -4.13. The topological polar surface area (TPSA) is 81.9 Å². The zero-order valence-corrected chi connectivity index (χ0v) is 19.6. The number of hydrogen-bond donors (Lipinski definition) is 0. The number of aromatic nitrogens is 1. The van der Waals surface area contributed by atoms with E-state index < -0.39 is 11.9 Å². The number of nitrogens with zero attached hydrogens (tertiary/aromatic N) is 2. The Labute approximate surface area is 196 Å². The summed E-state index contributed by atoms with van der Waals surface area (Å²) in [6, 6.07) is 11.9. The molecular formula is C27H24N2O5. The van der Waals surface area contributed by atoms with Crippen molar-refractivity contribution in [3.05, 3.63) is 92.5 Å². The molecule has 1 aliphatic rings. The van der Waals surface area contributed by atoms with E-state index in [0.717, 1.165) is 16.7 Å². The number of benzene rings is 2. The van der Waals surface area contributed by atoms with Crippen molar-refractivity contribution in [3.63, 3.8) is 0 Å². The second-order valence-corrected chi connectivity index (χ2v) is 8.49. The van der Waals surface area contributed by atoms with Crippen LogP contribution in [0.4, 0.5) is 5.82 Å². The van der Waals surface area contributed by atoms with Crippen molar-refractivity contribution in [2.45, 2.75) is 26.8 Å². The van der Waals surface area contributed by atoms with Crippen LogP contribution in [-0.2, 0) is 0 Å². The van der Waals surface area contributed by atoms with Crippen molar-refractivity contribution < 1.29 is 18.7 Å². The highest BCUT2D eigenvalue weighted by Crippen LogP contribution is 2.42. The van der Waals surface area contributed by atoms with Crippen molar-refractivity contribution in [1.82, 2.24) is 4.98 Å². The molecule has 2 aromatic carbocycles. The molecule has 2 aromatic heterocycles. The minimum absolute atomic E-state index is 0.0305. The molecule has 34 heavy (non-hydrogen) atoms. The van der Waals surface area contributed by atoms with Gasteiger partial charge >= 0.3 is 0 Å². The first-order valence-electron chi connectivity index (χ1n) is 10.9. The van der Waals surface area contributed by atoms with E-state index in [-0.39, 0.29) is 16.8 Å². The zero-order valence-electron chi connectivity index (χ0n) is 19.6. The van der Waals surface area contributed by atoms with E-state index in [4.69, 9.17) is 13.9 Å². The molecule has 5 rings (SSSR count). The van der Waals surface area contributed by atoms with Crippen molar-refractivity contribution in [2.75, 3.05) is 19.1 Å². The van der Waals surface area contributed by atoms with Gasteiger partial charge in [0.15, 0.2) is 16.9 Å². The van der Waals surface area contributed by atoms with Crippen LogP contribution in [0, 0.1) is 20.8 Å². The Balaban J connectivity index is 1.82. The van der Waals surface area contributed by atoms with Crippen molar-refractivity contribution >= 4 is 22.7 Å². The SMILES string of the molecule is COc1ccc([C@H]2c3c(oc4cc(C)c(C)cc4c3=O)C(=O)N2c2ccc(C)cn2)cc1OC. The third kappa shape index (κ3) is 3.23. The Kier molecular flexibility index (Phi) is 5.12. The van der Waals surface area contributed by atoms with Gasteiger partial charge in [0.2, 0.25) is 5.76 Å². The summed E-state index contributed by atoms with van der Waals surface area (Å²) >= 11 is 0. The van der Waals surface area contributed by atoms with Crippen LogP contribution in [0.2, 0.25) is 0 Å². The van der Waals surface area contributed by atoms with Gasteiger partial charge in [-0.2, -0.15) is 0 Å². The smallest absolute Gasteiger partial charge is 0.296 e. The van der Waals surface area contributed by atoms with Crippen LogP contribution < -0.4 is 19.8 Å².